The van der Waals surface area contributed by atoms with Crippen molar-refractivity contribution in [2.24, 2.45) is 0 Å². The Morgan fingerprint density at radius 3 is 2.95 bits per heavy atom. The molecule has 1 saturated heterocycles. The zero-order chi connectivity index (χ0) is 14.8. The van der Waals surface area contributed by atoms with Gasteiger partial charge in [-0.15, -0.1) is 11.3 Å². The molecule has 0 unspecified atom stereocenters. The maximum atomic E-state index is 12.8. The van der Waals surface area contributed by atoms with Crippen molar-refractivity contribution in [3.05, 3.63) is 34.6 Å². The molecule has 0 atom stereocenters. The van der Waals surface area contributed by atoms with E-state index in [1.54, 1.807) is 17.5 Å². The number of carbonyl (C=O) groups excluding carboxylic acids is 1. The van der Waals surface area contributed by atoms with Crippen LogP contribution in [0.15, 0.2) is 17.6 Å². The van der Waals surface area contributed by atoms with Gasteiger partial charge in [-0.3, -0.25) is 9.36 Å². The molecule has 112 valence electrons. The van der Waals surface area contributed by atoms with Crippen LogP contribution in [0.4, 0.5) is 0 Å². The van der Waals surface area contributed by atoms with Crippen LogP contribution in [-0.2, 0) is 0 Å². The van der Waals surface area contributed by atoms with E-state index in [0.717, 1.165) is 54.7 Å². The van der Waals surface area contributed by atoms with E-state index in [2.05, 4.69) is 14.9 Å². The second-order valence-electron chi connectivity index (χ2n) is 5.33. The topological polar surface area (TPSA) is 50.2 Å². The van der Waals surface area contributed by atoms with Crippen molar-refractivity contribution in [2.45, 2.75) is 20.3 Å². The molecular formula is C15H20N4OS. The van der Waals surface area contributed by atoms with Crippen LogP contribution >= 0.6 is 11.3 Å². The maximum Gasteiger partial charge on any atom is 0.255 e. The summed E-state index contributed by atoms with van der Waals surface area (Å²) in [6.07, 6.45) is 2.80. The fraction of sp³-hybridized carbons (Fsp3) is 0.467. The van der Waals surface area contributed by atoms with Gasteiger partial charge in [-0.1, -0.05) is 0 Å². The van der Waals surface area contributed by atoms with Gasteiger partial charge in [-0.2, -0.15) is 0 Å². The summed E-state index contributed by atoms with van der Waals surface area (Å²) in [7, 11) is 0. The van der Waals surface area contributed by atoms with Crippen molar-refractivity contribution in [2.75, 3.05) is 26.2 Å². The predicted molar refractivity (Wildman–Crippen MR) is 84.3 cm³/mol. The van der Waals surface area contributed by atoms with Crippen molar-refractivity contribution < 1.29 is 4.79 Å². The van der Waals surface area contributed by atoms with Gasteiger partial charge >= 0.3 is 0 Å². The third-order valence-corrected chi connectivity index (χ3v) is 4.66. The molecule has 2 aromatic rings. The Kier molecular flexibility index (Phi) is 4.07. The van der Waals surface area contributed by atoms with E-state index in [-0.39, 0.29) is 5.91 Å². The second-order valence-corrected chi connectivity index (χ2v) is 6.20. The summed E-state index contributed by atoms with van der Waals surface area (Å²) < 4.78 is 2.06. The van der Waals surface area contributed by atoms with E-state index in [0.29, 0.717) is 0 Å². The van der Waals surface area contributed by atoms with Gasteiger partial charge in [0.15, 0.2) is 5.13 Å². The molecule has 1 aliphatic heterocycles. The molecule has 0 saturated carbocycles. The van der Waals surface area contributed by atoms with Crippen LogP contribution in [0.5, 0.6) is 0 Å². The van der Waals surface area contributed by atoms with Crippen molar-refractivity contribution in [3.63, 3.8) is 0 Å². The highest BCUT2D eigenvalue weighted by Gasteiger charge is 2.22. The number of carbonyl (C=O) groups is 1. The Morgan fingerprint density at radius 2 is 2.19 bits per heavy atom. The molecule has 5 nitrogen and oxygen atoms in total. The molecule has 0 bridgehead atoms. The van der Waals surface area contributed by atoms with Crippen molar-refractivity contribution >= 4 is 17.2 Å². The number of aryl methyl sites for hydroxylation is 1. The first-order chi connectivity index (χ1) is 10.2. The lowest BCUT2D eigenvalue weighted by Crippen LogP contribution is -2.34. The van der Waals surface area contributed by atoms with Crippen LogP contribution in [0.1, 0.15) is 28.2 Å². The summed E-state index contributed by atoms with van der Waals surface area (Å²) in [5, 5.41) is 6.20. The number of hydrogen-bond acceptors (Lipinski definition) is 4. The van der Waals surface area contributed by atoms with Crippen LogP contribution in [0.3, 0.4) is 0 Å². The SMILES string of the molecule is Cc1cc(C(=O)N2CCCNCC2)c(C)n1-c1nccs1. The molecule has 21 heavy (non-hydrogen) atoms. The smallest absolute Gasteiger partial charge is 0.255 e. The van der Waals surface area contributed by atoms with Gasteiger partial charge in [0, 0.05) is 42.6 Å². The van der Waals surface area contributed by atoms with Crippen molar-refractivity contribution in [1.82, 2.24) is 19.8 Å². The summed E-state index contributed by atoms with van der Waals surface area (Å²) >= 11 is 1.59. The Hall–Kier alpha value is -1.66. The van der Waals surface area contributed by atoms with Crippen LogP contribution in [0, 0.1) is 13.8 Å². The first kappa shape index (κ1) is 14.3. The number of rotatable bonds is 2. The molecule has 3 rings (SSSR count). The fourth-order valence-electron chi connectivity index (χ4n) is 2.82. The van der Waals surface area contributed by atoms with Crippen LogP contribution in [-0.4, -0.2) is 46.5 Å². The third-order valence-electron chi connectivity index (χ3n) is 3.90. The molecule has 0 aromatic carbocycles. The summed E-state index contributed by atoms with van der Waals surface area (Å²) in [5.41, 5.74) is 2.83. The Labute approximate surface area is 128 Å². The molecule has 0 aliphatic carbocycles. The lowest BCUT2D eigenvalue weighted by atomic mass is 10.2. The van der Waals surface area contributed by atoms with Crippen LogP contribution in [0.25, 0.3) is 5.13 Å². The van der Waals surface area contributed by atoms with Gasteiger partial charge in [0.1, 0.15) is 0 Å². The molecule has 2 aromatic heterocycles. The summed E-state index contributed by atoms with van der Waals surface area (Å²) in [5.74, 6) is 0.134. The molecule has 1 amide bonds. The zero-order valence-corrected chi connectivity index (χ0v) is 13.2. The normalized spacial score (nSPS) is 16.0. The predicted octanol–water partition coefficient (Wildman–Crippen LogP) is 1.99. The molecule has 0 radical (unpaired) electrons. The quantitative estimate of drug-likeness (QED) is 0.923. The Bertz CT molecular complexity index is 624. The lowest BCUT2D eigenvalue weighted by molar-refractivity contribution is 0.0765. The Balaban J connectivity index is 1.92. The molecule has 1 N–H and O–H groups in total. The number of nitrogens with zero attached hydrogens (tertiary/aromatic N) is 3. The van der Waals surface area contributed by atoms with Gasteiger partial charge < -0.3 is 10.2 Å². The van der Waals surface area contributed by atoms with Gasteiger partial charge in [-0.25, -0.2) is 4.98 Å². The number of hydrogen-bond donors (Lipinski definition) is 1. The minimum atomic E-state index is 0.134. The average molecular weight is 304 g/mol. The monoisotopic (exact) mass is 304 g/mol. The highest BCUT2D eigenvalue weighted by molar-refractivity contribution is 7.12. The number of aromatic nitrogens is 2. The molecular weight excluding hydrogens is 284 g/mol. The van der Waals surface area contributed by atoms with E-state index in [1.807, 2.05) is 30.2 Å². The molecule has 1 aliphatic rings. The first-order valence-electron chi connectivity index (χ1n) is 7.27. The van der Waals surface area contributed by atoms with Gasteiger partial charge in [0.2, 0.25) is 0 Å². The van der Waals surface area contributed by atoms with E-state index in [9.17, 15) is 4.79 Å². The third kappa shape index (κ3) is 2.73. The molecule has 3 heterocycles. The standard InChI is InChI=1S/C15H20N4OS/c1-11-10-13(12(2)19(11)15-17-6-9-21-15)14(20)18-7-3-4-16-5-8-18/h6,9-10,16H,3-5,7-8H2,1-2H3. The minimum absolute atomic E-state index is 0.134. The second kappa shape index (κ2) is 5.99. The zero-order valence-electron chi connectivity index (χ0n) is 12.4. The van der Waals surface area contributed by atoms with Gasteiger partial charge in [-0.05, 0) is 32.9 Å². The summed E-state index contributed by atoms with van der Waals surface area (Å²) in [4.78, 5) is 19.1. The largest absolute Gasteiger partial charge is 0.337 e. The van der Waals surface area contributed by atoms with E-state index in [4.69, 9.17) is 0 Å². The maximum absolute atomic E-state index is 12.8. The highest BCUT2D eigenvalue weighted by Crippen LogP contribution is 2.23. The van der Waals surface area contributed by atoms with Crippen molar-refractivity contribution in [3.8, 4) is 5.13 Å². The van der Waals surface area contributed by atoms with Crippen LogP contribution < -0.4 is 5.32 Å². The van der Waals surface area contributed by atoms with E-state index in [1.165, 1.54) is 0 Å². The number of thiazole rings is 1. The Morgan fingerprint density at radius 1 is 1.33 bits per heavy atom. The number of nitrogens with one attached hydrogen (secondary N) is 1. The molecule has 6 heteroatoms. The van der Waals surface area contributed by atoms with Crippen molar-refractivity contribution in [1.29, 1.82) is 0 Å². The van der Waals surface area contributed by atoms with Gasteiger partial charge in [0.25, 0.3) is 5.91 Å². The summed E-state index contributed by atoms with van der Waals surface area (Å²) in [6.45, 7) is 7.48. The van der Waals surface area contributed by atoms with E-state index >= 15 is 0 Å². The highest BCUT2D eigenvalue weighted by atomic mass is 32.1. The van der Waals surface area contributed by atoms with Crippen LogP contribution in [0.2, 0.25) is 0 Å². The first-order valence-corrected chi connectivity index (χ1v) is 8.15. The average Bonchev–Trinajstić information content (AvgIpc) is 2.97. The minimum Gasteiger partial charge on any atom is -0.337 e. The lowest BCUT2D eigenvalue weighted by Gasteiger charge is -2.19. The molecule has 0 spiro atoms. The number of amides is 1. The fourth-order valence-corrected chi connectivity index (χ4v) is 3.57. The van der Waals surface area contributed by atoms with Gasteiger partial charge in [0.05, 0.1) is 5.56 Å². The van der Waals surface area contributed by atoms with E-state index < -0.39 is 0 Å². The summed E-state index contributed by atoms with van der Waals surface area (Å²) in [6, 6.07) is 1.98. The molecule has 1 fully saturated rings.